The van der Waals surface area contributed by atoms with Gasteiger partial charge in [-0.1, -0.05) is 6.07 Å². The summed E-state index contributed by atoms with van der Waals surface area (Å²) in [6.07, 6.45) is 0. The van der Waals surface area contributed by atoms with E-state index in [1.165, 1.54) is 18.2 Å². The molecule has 1 amide bonds. The molecule has 0 saturated carbocycles. The van der Waals surface area contributed by atoms with Crippen LogP contribution in [0.1, 0.15) is 15.9 Å². The first-order valence-electron chi connectivity index (χ1n) is 5.54. The average molecular weight is 371 g/mol. The maximum Gasteiger partial charge on any atom is 0.256 e. The Balaban J connectivity index is 2.28. The van der Waals surface area contributed by atoms with Gasteiger partial charge in [-0.3, -0.25) is 4.79 Å². The Morgan fingerprint density at radius 2 is 2.05 bits per heavy atom. The molecule has 0 aliphatic carbocycles. The summed E-state index contributed by atoms with van der Waals surface area (Å²) >= 11 is 1.91. The molecular weight excluding hydrogens is 360 g/mol. The van der Waals surface area contributed by atoms with Crippen molar-refractivity contribution in [2.75, 3.05) is 5.32 Å². The number of carbonyl (C=O) groups excluding carboxylic acids is 1. The Morgan fingerprint density at radius 1 is 1.32 bits per heavy atom. The van der Waals surface area contributed by atoms with Gasteiger partial charge in [0.15, 0.2) is 0 Å². The van der Waals surface area contributed by atoms with E-state index in [1.807, 2.05) is 22.6 Å². The highest BCUT2D eigenvalue weighted by Gasteiger charge is 2.12. The largest absolute Gasteiger partial charge is 0.508 e. The summed E-state index contributed by atoms with van der Waals surface area (Å²) in [7, 11) is 0. The van der Waals surface area contributed by atoms with Crippen molar-refractivity contribution in [3.8, 4) is 5.75 Å². The van der Waals surface area contributed by atoms with E-state index in [0.717, 1.165) is 0 Å². The third kappa shape index (κ3) is 3.04. The van der Waals surface area contributed by atoms with Crippen molar-refractivity contribution in [3.63, 3.8) is 0 Å². The Bertz CT molecular complexity index is 643. The molecule has 19 heavy (non-hydrogen) atoms. The minimum atomic E-state index is -0.380. The fourth-order valence-electron chi connectivity index (χ4n) is 1.62. The number of hydrogen-bond donors (Lipinski definition) is 2. The van der Waals surface area contributed by atoms with Crippen molar-refractivity contribution in [2.45, 2.75) is 6.92 Å². The van der Waals surface area contributed by atoms with E-state index in [0.29, 0.717) is 20.4 Å². The quantitative estimate of drug-likeness (QED) is 0.792. The molecule has 0 aliphatic heterocycles. The minimum absolute atomic E-state index is 0.117. The molecule has 0 bridgehead atoms. The second-order valence-electron chi connectivity index (χ2n) is 4.03. The van der Waals surface area contributed by atoms with Gasteiger partial charge in [0, 0.05) is 14.8 Å². The summed E-state index contributed by atoms with van der Waals surface area (Å²) in [5.41, 5.74) is 1.52. The van der Waals surface area contributed by atoms with Crippen LogP contribution in [0.5, 0.6) is 5.75 Å². The molecule has 0 saturated heterocycles. The van der Waals surface area contributed by atoms with Crippen molar-refractivity contribution >= 4 is 34.2 Å². The second kappa shape index (κ2) is 5.56. The van der Waals surface area contributed by atoms with Gasteiger partial charge < -0.3 is 10.4 Å². The van der Waals surface area contributed by atoms with Gasteiger partial charge in [0.1, 0.15) is 11.6 Å². The molecule has 2 N–H and O–H groups in total. The molecular formula is C14H11FINO2. The molecule has 0 radical (unpaired) electrons. The van der Waals surface area contributed by atoms with E-state index < -0.39 is 0 Å². The summed E-state index contributed by atoms with van der Waals surface area (Å²) in [6.45, 7) is 1.71. The molecule has 2 aromatic rings. The lowest BCUT2D eigenvalue weighted by molar-refractivity contribution is 0.102. The molecule has 0 aromatic heterocycles. The number of nitrogens with one attached hydrogen (secondary N) is 1. The number of phenols is 1. The normalized spacial score (nSPS) is 10.3. The maximum atomic E-state index is 13.0. The molecule has 3 nitrogen and oxygen atoms in total. The number of anilines is 1. The van der Waals surface area contributed by atoms with Gasteiger partial charge in [-0.25, -0.2) is 4.39 Å². The summed E-state index contributed by atoms with van der Waals surface area (Å²) < 4.78 is 13.5. The van der Waals surface area contributed by atoms with Gasteiger partial charge in [-0.05, 0) is 59.8 Å². The number of phenolic OH excluding ortho intramolecular Hbond substituents is 1. The van der Waals surface area contributed by atoms with Crippen molar-refractivity contribution in [1.29, 1.82) is 0 Å². The lowest BCUT2D eigenvalue weighted by atomic mass is 10.1. The zero-order valence-corrected chi connectivity index (χ0v) is 12.2. The molecule has 2 rings (SSSR count). The number of aromatic hydroxyl groups is 1. The van der Waals surface area contributed by atoms with E-state index in [2.05, 4.69) is 5.32 Å². The standard InChI is InChI=1S/C14H11FINO2/c1-8-12(3-2-4-13(8)18)17-14(19)10-6-5-9(15)7-11(10)16/h2-7,18H,1H3,(H,17,19). The molecule has 0 heterocycles. The zero-order valence-electron chi connectivity index (χ0n) is 10.1. The van der Waals surface area contributed by atoms with Crippen LogP contribution in [0.3, 0.4) is 0 Å². The van der Waals surface area contributed by atoms with E-state index in [9.17, 15) is 14.3 Å². The molecule has 0 unspecified atom stereocenters. The molecule has 0 fully saturated rings. The van der Waals surface area contributed by atoms with Crippen LogP contribution in [-0.2, 0) is 0 Å². The van der Waals surface area contributed by atoms with Gasteiger partial charge in [-0.15, -0.1) is 0 Å². The van der Waals surface area contributed by atoms with Crippen LogP contribution >= 0.6 is 22.6 Å². The topological polar surface area (TPSA) is 49.3 Å². The minimum Gasteiger partial charge on any atom is -0.508 e. The van der Waals surface area contributed by atoms with Crippen LogP contribution in [0.2, 0.25) is 0 Å². The first-order chi connectivity index (χ1) is 8.99. The van der Waals surface area contributed by atoms with E-state index in [4.69, 9.17) is 0 Å². The number of halogens is 2. The highest BCUT2D eigenvalue weighted by molar-refractivity contribution is 14.1. The molecule has 0 aliphatic rings. The van der Waals surface area contributed by atoms with E-state index in [1.54, 1.807) is 25.1 Å². The van der Waals surface area contributed by atoms with E-state index in [-0.39, 0.29) is 17.5 Å². The van der Waals surface area contributed by atoms with Crippen molar-refractivity contribution in [3.05, 3.63) is 56.9 Å². The average Bonchev–Trinajstić information content (AvgIpc) is 2.34. The Kier molecular flexibility index (Phi) is 4.04. The first-order valence-corrected chi connectivity index (χ1v) is 6.62. The third-order valence-corrected chi connectivity index (χ3v) is 3.62. The van der Waals surface area contributed by atoms with Crippen LogP contribution in [0.25, 0.3) is 0 Å². The summed E-state index contributed by atoms with van der Waals surface area (Å²) in [5.74, 6) is -0.598. The first kappa shape index (κ1) is 13.8. The fraction of sp³-hybridized carbons (Fsp3) is 0.0714. The molecule has 98 valence electrons. The number of rotatable bonds is 2. The molecule has 5 heteroatoms. The summed E-state index contributed by atoms with van der Waals surface area (Å²) in [5, 5.41) is 12.3. The van der Waals surface area contributed by atoms with Crippen LogP contribution < -0.4 is 5.32 Å². The van der Waals surface area contributed by atoms with Gasteiger partial charge in [0.25, 0.3) is 5.91 Å². The van der Waals surface area contributed by atoms with Gasteiger partial charge in [-0.2, -0.15) is 0 Å². The summed E-state index contributed by atoms with van der Waals surface area (Å²) in [6, 6.07) is 8.87. The predicted molar refractivity (Wildman–Crippen MR) is 79.9 cm³/mol. The second-order valence-corrected chi connectivity index (χ2v) is 5.19. The predicted octanol–water partition coefficient (Wildman–Crippen LogP) is 3.70. The van der Waals surface area contributed by atoms with Crippen molar-refractivity contribution < 1.29 is 14.3 Å². The number of hydrogen-bond acceptors (Lipinski definition) is 2. The third-order valence-electron chi connectivity index (χ3n) is 2.73. The number of amides is 1. The van der Waals surface area contributed by atoms with Crippen molar-refractivity contribution in [2.24, 2.45) is 0 Å². The highest BCUT2D eigenvalue weighted by Crippen LogP contribution is 2.25. The fourth-order valence-corrected chi connectivity index (χ4v) is 2.34. The van der Waals surface area contributed by atoms with Gasteiger partial charge >= 0.3 is 0 Å². The van der Waals surface area contributed by atoms with Crippen molar-refractivity contribution in [1.82, 2.24) is 0 Å². The molecule has 2 aromatic carbocycles. The van der Waals surface area contributed by atoms with Gasteiger partial charge in [0.05, 0.1) is 5.56 Å². The Morgan fingerprint density at radius 3 is 2.74 bits per heavy atom. The van der Waals surface area contributed by atoms with Crippen LogP contribution in [0.4, 0.5) is 10.1 Å². The lowest BCUT2D eigenvalue weighted by Crippen LogP contribution is -2.14. The van der Waals surface area contributed by atoms with Crippen LogP contribution in [0, 0.1) is 16.3 Å². The monoisotopic (exact) mass is 371 g/mol. The van der Waals surface area contributed by atoms with E-state index >= 15 is 0 Å². The van der Waals surface area contributed by atoms with Crippen LogP contribution in [-0.4, -0.2) is 11.0 Å². The number of benzene rings is 2. The smallest absolute Gasteiger partial charge is 0.256 e. The SMILES string of the molecule is Cc1c(O)cccc1NC(=O)c1ccc(F)cc1I. The Hall–Kier alpha value is -1.63. The molecule has 0 spiro atoms. The lowest BCUT2D eigenvalue weighted by Gasteiger charge is -2.10. The Labute approximate surface area is 123 Å². The molecule has 0 atom stereocenters. The van der Waals surface area contributed by atoms with Crippen LogP contribution in [0.15, 0.2) is 36.4 Å². The summed E-state index contributed by atoms with van der Waals surface area (Å²) in [4.78, 5) is 12.1. The van der Waals surface area contributed by atoms with Gasteiger partial charge in [0.2, 0.25) is 0 Å². The number of carbonyl (C=O) groups is 1. The zero-order chi connectivity index (χ0) is 14.0. The highest BCUT2D eigenvalue weighted by atomic mass is 127. The maximum absolute atomic E-state index is 13.0.